The molecule has 2 aliphatic rings. The molecule has 1 unspecified atom stereocenters. The number of hydrogen-bond donors (Lipinski definition) is 1. The van der Waals surface area contributed by atoms with Gasteiger partial charge in [0.2, 0.25) is 0 Å². The molecule has 0 aromatic heterocycles. The fourth-order valence-corrected chi connectivity index (χ4v) is 6.38. The topological polar surface area (TPSA) is 57.6 Å². The van der Waals surface area contributed by atoms with Crippen LogP contribution in [0.3, 0.4) is 0 Å². The van der Waals surface area contributed by atoms with Crippen LogP contribution in [0.1, 0.15) is 59.0 Å². The van der Waals surface area contributed by atoms with Crippen molar-refractivity contribution in [3.05, 3.63) is 35.4 Å². The number of carboxylic acid groups (broad SMARTS) is 1. The summed E-state index contributed by atoms with van der Waals surface area (Å²) in [6.45, 7) is 0.735. The highest BCUT2D eigenvalue weighted by atomic mass is 32.2. The van der Waals surface area contributed by atoms with E-state index in [2.05, 4.69) is 12.1 Å². The van der Waals surface area contributed by atoms with Crippen molar-refractivity contribution in [3.63, 3.8) is 0 Å². The van der Waals surface area contributed by atoms with Gasteiger partial charge in [-0.1, -0.05) is 12.1 Å². The maximum Gasteiger partial charge on any atom is 0.303 e. The molecular formula is C19H25NO3S2. The van der Waals surface area contributed by atoms with Crippen molar-refractivity contribution in [2.75, 3.05) is 18.1 Å². The second-order valence-electron chi connectivity index (χ2n) is 6.63. The van der Waals surface area contributed by atoms with Crippen LogP contribution < -0.4 is 0 Å². The Labute approximate surface area is 157 Å². The Bertz CT molecular complexity index is 599. The van der Waals surface area contributed by atoms with Crippen molar-refractivity contribution < 1.29 is 14.7 Å². The summed E-state index contributed by atoms with van der Waals surface area (Å²) in [4.78, 5) is 25.7. The molecule has 2 heterocycles. The summed E-state index contributed by atoms with van der Waals surface area (Å²) in [6, 6.07) is 8.10. The molecule has 0 radical (unpaired) electrons. The third kappa shape index (κ3) is 4.94. The highest BCUT2D eigenvalue weighted by Gasteiger charge is 2.28. The number of nitrogens with zero attached hydrogens (tertiary/aromatic N) is 1. The van der Waals surface area contributed by atoms with E-state index in [9.17, 15) is 9.59 Å². The monoisotopic (exact) mass is 379 g/mol. The van der Waals surface area contributed by atoms with Gasteiger partial charge in [-0.3, -0.25) is 9.59 Å². The first-order chi connectivity index (χ1) is 12.1. The molecule has 1 N–H and O–H groups in total. The molecule has 2 saturated heterocycles. The minimum atomic E-state index is -0.787. The molecule has 1 atom stereocenters. The summed E-state index contributed by atoms with van der Waals surface area (Å²) >= 11 is 3.96. The minimum Gasteiger partial charge on any atom is -0.481 e. The molecule has 25 heavy (non-hydrogen) atoms. The van der Waals surface area contributed by atoms with Gasteiger partial charge in [-0.2, -0.15) is 0 Å². The lowest BCUT2D eigenvalue weighted by molar-refractivity contribution is -0.137. The van der Waals surface area contributed by atoms with E-state index in [1.54, 1.807) is 0 Å². The molecule has 1 aromatic rings. The maximum atomic E-state index is 12.9. The van der Waals surface area contributed by atoms with Gasteiger partial charge in [-0.15, -0.1) is 23.5 Å². The highest BCUT2D eigenvalue weighted by molar-refractivity contribution is 8.16. The first kappa shape index (κ1) is 18.6. The molecule has 4 nitrogen and oxygen atoms in total. The SMILES string of the molecule is O=C(O)CCC1CCCCN1C(=O)c1ccc(C2SCCCS2)cc1. The zero-order valence-electron chi connectivity index (χ0n) is 14.4. The van der Waals surface area contributed by atoms with Gasteiger partial charge in [-0.05, 0) is 61.3 Å². The number of carbonyl (C=O) groups excluding carboxylic acids is 1. The number of rotatable bonds is 5. The summed E-state index contributed by atoms with van der Waals surface area (Å²) in [5.74, 6) is 1.67. The second-order valence-corrected chi connectivity index (χ2v) is 9.35. The average molecular weight is 380 g/mol. The fraction of sp³-hybridized carbons (Fsp3) is 0.579. The zero-order chi connectivity index (χ0) is 17.6. The molecule has 1 aromatic carbocycles. The van der Waals surface area contributed by atoms with E-state index in [0.29, 0.717) is 11.0 Å². The third-order valence-corrected chi connectivity index (χ3v) is 7.85. The number of hydrogen-bond acceptors (Lipinski definition) is 4. The normalized spacial score (nSPS) is 21.9. The number of amides is 1. The molecule has 0 bridgehead atoms. The lowest BCUT2D eigenvalue weighted by Gasteiger charge is -2.35. The van der Waals surface area contributed by atoms with Crippen LogP contribution in [0, 0.1) is 0 Å². The quantitative estimate of drug-likeness (QED) is 0.821. The Balaban J connectivity index is 1.66. The van der Waals surface area contributed by atoms with Crippen LogP contribution >= 0.6 is 23.5 Å². The molecule has 1 amide bonds. The van der Waals surface area contributed by atoms with E-state index < -0.39 is 5.97 Å². The van der Waals surface area contributed by atoms with Crippen molar-refractivity contribution in [1.29, 1.82) is 0 Å². The summed E-state index contributed by atoms with van der Waals surface area (Å²) in [7, 11) is 0. The predicted octanol–water partition coefficient (Wildman–Crippen LogP) is 4.41. The van der Waals surface area contributed by atoms with E-state index in [1.165, 1.54) is 23.5 Å². The number of aliphatic carboxylic acids is 1. The fourth-order valence-electron chi connectivity index (χ4n) is 3.49. The first-order valence-corrected chi connectivity index (χ1v) is 11.1. The Hall–Kier alpha value is -1.14. The average Bonchev–Trinajstić information content (AvgIpc) is 2.67. The van der Waals surface area contributed by atoms with Crippen LogP contribution in [-0.4, -0.2) is 46.0 Å². The molecule has 6 heteroatoms. The van der Waals surface area contributed by atoms with Crippen LogP contribution in [0.4, 0.5) is 0 Å². The van der Waals surface area contributed by atoms with Crippen LogP contribution in [0.15, 0.2) is 24.3 Å². The molecule has 2 aliphatic heterocycles. The summed E-state index contributed by atoms with van der Waals surface area (Å²) in [5.41, 5.74) is 2.00. The third-order valence-electron chi connectivity index (χ3n) is 4.84. The molecule has 2 fully saturated rings. The van der Waals surface area contributed by atoms with Gasteiger partial charge >= 0.3 is 5.97 Å². The lowest BCUT2D eigenvalue weighted by Crippen LogP contribution is -2.44. The van der Waals surface area contributed by atoms with Gasteiger partial charge in [0.05, 0.1) is 4.58 Å². The molecule has 0 saturated carbocycles. The van der Waals surface area contributed by atoms with Gasteiger partial charge in [0.15, 0.2) is 0 Å². The molecule has 0 aliphatic carbocycles. The van der Waals surface area contributed by atoms with Gasteiger partial charge in [0.1, 0.15) is 0 Å². The Morgan fingerprint density at radius 2 is 1.80 bits per heavy atom. The lowest BCUT2D eigenvalue weighted by atomic mass is 9.96. The smallest absolute Gasteiger partial charge is 0.303 e. The Morgan fingerprint density at radius 1 is 1.08 bits per heavy atom. The minimum absolute atomic E-state index is 0.0468. The van der Waals surface area contributed by atoms with Crippen molar-refractivity contribution in [3.8, 4) is 0 Å². The number of carboxylic acids is 1. The number of benzene rings is 1. The summed E-state index contributed by atoms with van der Waals surface area (Å²) < 4.78 is 0.483. The molecule has 136 valence electrons. The van der Waals surface area contributed by atoms with Gasteiger partial charge in [0.25, 0.3) is 5.91 Å². The molecular weight excluding hydrogens is 354 g/mol. The van der Waals surface area contributed by atoms with E-state index in [1.807, 2.05) is 40.6 Å². The maximum absolute atomic E-state index is 12.9. The van der Waals surface area contributed by atoms with E-state index in [4.69, 9.17) is 5.11 Å². The first-order valence-electron chi connectivity index (χ1n) is 9.01. The van der Waals surface area contributed by atoms with Crippen LogP contribution in [0.5, 0.6) is 0 Å². The van der Waals surface area contributed by atoms with Crippen LogP contribution in [0.25, 0.3) is 0 Å². The van der Waals surface area contributed by atoms with Gasteiger partial charge < -0.3 is 10.0 Å². The van der Waals surface area contributed by atoms with Gasteiger partial charge in [0, 0.05) is 24.6 Å². The number of likely N-dealkylation sites (tertiary alicyclic amines) is 1. The summed E-state index contributed by atoms with van der Waals surface area (Å²) in [6.07, 6.45) is 4.94. The summed E-state index contributed by atoms with van der Waals surface area (Å²) in [5, 5.41) is 8.93. The standard InChI is InChI=1S/C19H25NO3S2/c21-17(22)10-9-16-4-1-2-11-20(16)18(23)14-5-7-15(8-6-14)19-24-12-3-13-25-19/h5-8,16,19H,1-4,9-13H2,(H,21,22). The van der Waals surface area contributed by atoms with E-state index >= 15 is 0 Å². The number of carbonyl (C=O) groups is 2. The van der Waals surface area contributed by atoms with E-state index in [0.717, 1.165) is 31.4 Å². The van der Waals surface area contributed by atoms with Crippen LogP contribution in [-0.2, 0) is 4.79 Å². The molecule has 0 spiro atoms. The van der Waals surface area contributed by atoms with Crippen molar-refractivity contribution in [1.82, 2.24) is 4.90 Å². The van der Waals surface area contributed by atoms with Crippen molar-refractivity contribution >= 4 is 35.4 Å². The van der Waals surface area contributed by atoms with Crippen molar-refractivity contribution in [2.45, 2.75) is 49.1 Å². The Morgan fingerprint density at radius 3 is 2.48 bits per heavy atom. The van der Waals surface area contributed by atoms with Gasteiger partial charge in [-0.25, -0.2) is 0 Å². The van der Waals surface area contributed by atoms with Crippen LogP contribution in [0.2, 0.25) is 0 Å². The molecule has 3 rings (SSSR count). The number of thioether (sulfide) groups is 2. The largest absolute Gasteiger partial charge is 0.481 e. The predicted molar refractivity (Wildman–Crippen MR) is 104 cm³/mol. The second kappa shape index (κ2) is 8.99. The van der Waals surface area contributed by atoms with Crippen molar-refractivity contribution in [2.24, 2.45) is 0 Å². The highest BCUT2D eigenvalue weighted by Crippen LogP contribution is 2.43. The van der Waals surface area contributed by atoms with E-state index in [-0.39, 0.29) is 18.4 Å². The zero-order valence-corrected chi connectivity index (χ0v) is 16.0. The number of piperidine rings is 1. The Kier molecular flexibility index (Phi) is 6.70.